The molecule has 2 atom stereocenters. The van der Waals surface area contributed by atoms with Crippen molar-refractivity contribution >= 4 is 5.91 Å². The lowest BCUT2D eigenvalue weighted by Crippen LogP contribution is -2.41. The summed E-state index contributed by atoms with van der Waals surface area (Å²) in [5, 5.41) is 3.22. The van der Waals surface area contributed by atoms with Crippen LogP contribution >= 0.6 is 0 Å². The zero-order valence-electron chi connectivity index (χ0n) is 11.3. The van der Waals surface area contributed by atoms with Crippen LogP contribution in [0.2, 0.25) is 0 Å². The van der Waals surface area contributed by atoms with Crippen LogP contribution in [0.3, 0.4) is 0 Å². The first-order chi connectivity index (χ1) is 8.76. The first kappa shape index (κ1) is 12.5. The average molecular weight is 250 g/mol. The highest BCUT2D eigenvalue weighted by atomic mass is 16.2. The number of nitrogens with one attached hydrogen (secondary N) is 1. The van der Waals surface area contributed by atoms with Gasteiger partial charge in [0.1, 0.15) is 0 Å². The van der Waals surface area contributed by atoms with Gasteiger partial charge in [0.2, 0.25) is 5.91 Å². The molecule has 3 saturated carbocycles. The summed E-state index contributed by atoms with van der Waals surface area (Å²) in [6, 6.07) is 0. The van der Waals surface area contributed by atoms with E-state index < -0.39 is 0 Å². The Hall–Kier alpha value is -0.570. The zero-order chi connectivity index (χ0) is 12.6. The van der Waals surface area contributed by atoms with Crippen molar-refractivity contribution in [2.45, 2.75) is 51.4 Å². The van der Waals surface area contributed by atoms with Gasteiger partial charge in [0.15, 0.2) is 0 Å². The van der Waals surface area contributed by atoms with E-state index in [0.29, 0.717) is 11.8 Å². The summed E-state index contributed by atoms with van der Waals surface area (Å²) in [5.41, 5.74) is 6.13. The first-order valence-electron chi connectivity index (χ1n) is 7.74. The van der Waals surface area contributed by atoms with Gasteiger partial charge in [0, 0.05) is 12.5 Å². The molecule has 0 aromatic carbocycles. The van der Waals surface area contributed by atoms with Gasteiger partial charge in [-0.2, -0.15) is 0 Å². The van der Waals surface area contributed by atoms with Gasteiger partial charge in [-0.05, 0) is 49.5 Å². The van der Waals surface area contributed by atoms with E-state index >= 15 is 0 Å². The topological polar surface area (TPSA) is 55.1 Å². The SMILES string of the molecule is NCC1(CNC(=O)C2C3CCCCC32)CCCC1. The molecule has 102 valence electrons. The molecule has 0 radical (unpaired) electrons. The molecule has 3 aliphatic rings. The largest absolute Gasteiger partial charge is 0.355 e. The normalized spacial score (nSPS) is 37.1. The number of carbonyl (C=O) groups excluding carboxylic acids is 1. The van der Waals surface area contributed by atoms with Gasteiger partial charge in [-0.3, -0.25) is 4.79 Å². The van der Waals surface area contributed by atoms with Crippen LogP contribution in [0.25, 0.3) is 0 Å². The molecule has 0 saturated heterocycles. The van der Waals surface area contributed by atoms with Crippen molar-refractivity contribution in [3.05, 3.63) is 0 Å². The van der Waals surface area contributed by atoms with Crippen LogP contribution in [0.15, 0.2) is 0 Å². The van der Waals surface area contributed by atoms with Gasteiger partial charge in [0.25, 0.3) is 0 Å². The molecule has 1 amide bonds. The molecule has 2 unspecified atom stereocenters. The van der Waals surface area contributed by atoms with Crippen LogP contribution in [-0.2, 0) is 4.79 Å². The molecular formula is C15H26N2O. The summed E-state index contributed by atoms with van der Waals surface area (Å²) in [4.78, 5) is 12.2. The molecular weight excluding hydrogens is 224 g/mol. The van der Waals surface area contributed by atoms with Crippen molar-refractivity contribution in [3.8, 4) is 0 Å². The fourth-order valence-corrected chi connectivity index (χ4v) is 4.35. The predicted octanol–water partition coefficient (Wildman–Crippen LogP) is 2.06. The third kappa shape index (κ3) is 2.18. The van der Waals surface area contributed by atoms with Crippen LogP contribution in [-0.4, -0.2) is 19.0 Å². The lowest BCUT2D eigenvalue weighted by atomic mass is 9.86. The summed E-state index contributed by atoms with van der Waals surface area (Å²) in [6.07, 6.45) is 10.2. The molecule has 3 heteroatoms. The summed E-state index contributed by atoms with van der Waals surface area (Å²) >= 11 is 0. The molecule has 0 aromatic rings. The molecule has 3 nitrogen and oxygen atoms in total. The maximum absolute atomic E-state index is 12.2. The van der Waals surface area contributed by atoms with Crippen LogP contribution in [0, 0.1) is 23.2 Å². The molecule has 3 rings (SSSR count). The van der Waals surface area contributed by atoms with E-state index in [1.807, 2.05) is 0 Å². The number of fused-ring (bicyclic) bond motifs is 1. The Morgan fingerprint density at radius 2 is 1.72 bits per heavy atom. The summed E-state index contributed by atoms with van der Waals surface area (Å²) in [5.74, 6) is 2.11. The second kappa shape index (κ2) is 4.84. The highest BCUT2D eigenvalue weighted by Crippen LogP contribution is 2.55. The Labute approximate surface area is 110 Å². The monoisotopic (exact) mass is 250 g/mol. The fraction of sp³-hybridized carbons (Fsp3) is 0.933. The van der Waals surface area contributed by atoms with Crippen molar-refractivity contribution in [2.24, 2.45) is 28.9 Å². The molecule has 0 heterocycles. The molecule has 0 aromatic heterocycles. The van der Waals surface area contributed by atoms with Crippen molar-refractivity contribution in [2.75, 3.05) is 13.1 Å². The highest BCUT2D eigenvalue weighted by Gasteiger charge is 2.54. The smallest absolute Gasteiger partial charge is 0.223 e. The van der Waals surface area contributed by atoms with Gasteiger partial charge in [-0.25, -0.2) is 0 Å². The molecule has 3 fully saturated rings. The summed E-state index contributed by atoms with van der Waals surface area (Å²) in [7, 11) is 0. The van der Waals surface area contributed by atoms with E-state index in [4.69, 9.17) is 5.73 Å². The van der Waals surface area contributed by atoms with Crippen molar-refractivity contribution in [1.29, 1.82) is 0 Å². The minimum Gasteiger partial charge on any atom is -0.355 e. The van der Waals surface area contributed by atoms with E-state index in [1.54, 1.807) is 0 Å². The Bertz CT molecular complexity index is 310. The van der Waals surface area contributed by atoms with E-state index in [9.17, 15) is 4.79 Å². The number of nitrogens with two attached hydrogens (primary N) is 1. The maximum atomic E-state index is 12.2. The van der Waals surface area contributed by atoms with Crippen molar-refractivity contribution in [3.63, 3.8) is 0 Å². The highest BCUT2D eigenvalue weighted by molar-refractivity contribution is 5.82. The first-order valence-corrected chi connectivity index (χ1v) is 7.74. The zero-order valence-corrected chi connectivity index (χ0v) is 11.3. The Balaban J connectivity index is 1.50. The van der Waals surface area contributed by atoms with Gasteiger partial charge < -0.3 is 11.1 Å². The summed E-state index contributed by atoms with van der Waals surface area (Å²) < 4.78 is 0. The van der Waals surface area contributed by atoms with Gasteiger partial charge in [0.05, 0.1) is 0 Å². The maximum Gasteiger partial charge on any atom is 0.223 e. The minimum absolute atomic E-state index is 0.218. The molecule has 3 N–H and O–H groups in total. The van der Waals surface area contributed by atoms with Gasteiger partial charge >= 0.3 is 0 Å². The summed E-state index contributed by atoms with van der Waals surface area (Å²) in [6.45, 7) is 1.54. The Morgan fingerprint density at radius 1 is 1.11 bits per heavy atom. The van der Waals surface area contributed by atoms with Gasteiger partial charge in [-0.1, -0.05) is 25.7 Å². The third-order valence-corrected chi connectivity index (χ3v) is 5.69. The lowest BCUT2D eigenvalue weighted by Gasteiger charge is -2.27. The molecule has 0 bridgehead atoms. The number of amides is 1. The van der Waals surface area contributed by atoms with E-state index in [0.717, 1.165) is 24.9 Å². The molecule has 0 spiro atoms. The van der Waals surface area contributed by atoms with E-state index in [1.165, 1.54) is 51.4 Å². The van der Waals surface area contributed by atoms with Crippen LogP contribution in [0.1, 0.15) is 51.4 Å². The van der Waals surface area contributed by atoms with Gasteiger partial charge in [-0.15, -0.1) is 0 Å². The van der Waals surface area contributed by atoms with Crippen LogP contribution in [0.4, 0.5) is 0 Å². The molecule has 18 heavy (non-hydrogen) atoms. The molecule has 0 aliphatic heterocycles. The fourth-order valence-electron chi connectivity index (χ4n) is 4.35. The number of carbonyl (C=O) groups is 1. The number of hydrogen-bond donors (Lipinski definition) is 2. The number of rotatable bonds is 4. The quantitative estimate of drug-likeness (QED) is 0.802. The van der Waals surface area contributed by atoms with Crippen LogP contribution in [0.5, 0.6) is 0 Å². The lowest BCUT2D eigenvalue weighted by molar-refractivity contribution is -0.123. The minimum atomic E-state index is 0.218. The predicted molar refractivity (Wildman–Crippen MR) is 71.9 cm³/mol. The Kier molecular flexibility index (Phi) is 3.35. The van der Waals surface area contributed by atoms with E-state index in [2.05, 4.69) is 5.32 Å². The van der Waals surface area contributed by atoms with Crippen molar-refractivity contribution in [1.82, 2.24) is 5.32 Å². The molecule has 3 aliphatic carbocycles. The Morgan fingerprint density at radius 3 is 2.28 bits per heavy atom. The third-order valence-electron chi connectivity index (χ3n) is 5.69. The van der Waals surface area contributed by atoms with Crippen molar-refractivity contribution < 1.29 is 4.79 Å². The second-order valence-electron chi connectivity index (χ2n) is 6.77. The number of hydrogen-bond acceptors (Lipinski definition) is 2. The standard InChI is InChI=1S/C15H26N2O/c16-9-15(7-3-4-8-15)10-17-14(18)13-11-5-1-2-6-12(11)13/h11-13H,1-10,16H2,(H,17,18). The second-order valence-corrected chi connectivity index (χ2v) is 6.77. The van der Waals surface area contributed by atoms with Crippen LogP contribution < -0.4 is 11.1 Å². The van der Waals surface area contributed by atoms with E-state index in [-0.39, 0.29) is 5.41 Å². The average Bonchev–Trinajstić information content (AvgIpc) is 2.95.